The summed E-state index contributed by atoms with van der Waals surface area (Å²) in [4.78, 5) is 0. The van der Waals surface area contributed by atoms with E-state index < -0.39 is 28.6 Å². The molecule has 0 saturated carbocycles. The van der Waals surface area contributed by atoms with Gasteiger partial charge in [0.15, 0.2) is 5.84 Å². The van der Waals surface area contributed by atoms with Crippen LogP contribution in [0.3, 0.4) is 0 Å². The van der Waals surface area contributed by atoms with Gasteiger partial charge in [0.2, 0.25) is 0 Å². The van der Waals surface area contributed by atoms with E-state index in [1.807, 2.05) is 0 Å². The highest BCUT2D eigenvalue weighted by Gasteiger charge is 2.42. The molecule has 0 saturated heterocycles. The Bertz CT molecular complexity index is 1370. The van der Waals surface area contributed by atoms with Gasteiger partial charge in [-0.25, -0.2) is 4.39 Å². The van der Waals surface area contributed by atoms with Crippen molar-refractivity contribution in [2.24, 2.45) is 7.05 Å². The van der Waals surface area contributed by atoms with Gasteiger partial charge in [-0.1, -0.05) is 0 Å². The van der Waals surface area contributed by atoms with E-state index in [-0.39, 0.29) is 16.6 Å². The summed E-state index contributed by atoms with van der Waals surface area (Å²) in [6, 6.07) is 4.86. The fraction of sp³-hybridized carbons (Fsp3) is 0.250. The minimum Gasteiger partial charge on any atom is -0.383 e. The number of aromatic nitrogens is 6. The monoisotopic (exact) mass is 444 g/mol. The Kier molecular flexibility index (Phi) is 5.38. The van der Waals surface area contributed by atoms with Gasteiger partial charge in [-0.2, -0.15) is 28.8 Å². The molecule has 32 heavy (non-hydrogen) atoms. The molecule has 166 valence electrons. The van der Waals surface area contributed by atoms with E-state index in [2.05, 4.69) is 15.3 Å². The molecule has 2 N–H and O–H groups in total. The third-order valence-corrected chi connectivity index (χ3v) is 4.87. The van der Waals surface area contributed by atoms with E-state index in [4.69, 9.17) is 15.6 Å². The van der Waals surface area contributed by atoms with Gasteiger partial charge < -0.3 is 4.74 Å². The number of halogens is 3. The molecule has 0 spiro atoms. The molecule has 0 aliphatic carbocycles. The molecular formula is C20H19F3N8O. The molecule has 0 aliphatic heterocycles. The zero-order valence-corrected chi connectivity index (χ0v) is 17.2. The van der Waals surface area contributed by atoms with Crippen molar-refractivity contribution in [3.8, 4) is 11.3 Å². The SMILES string of the molecule is COCCn1cc(-c2ccc(=N)n(C(=N)C(F)(F)c3ccc4nn(C)cc4c3F)n2)cn1. The third kappa shape index (κ3) is 3.68. The fourth-order valence-electron chi connectivity index (χ4n) is 3.23. The van der Waals surface area contributed by atoms with Gasteiger partial charge in [0.05, 0.1) is 41.5 Å². The maximum Gasteiger partial charge on any atom is 0.334 e. The van der Waals surface area contributed by atoms with Crippen molar-refractivity contribution in [2.45, 2.75) is 12.5 Å². The highest BCUT2D eigenvalue weighted by atomic mass is 19.3. The van der Waals surface area contributed by atoms with Crippen LogP contribution in [0.5, 0.6) is 0 Å². The Balaban J connectivity index is 1.72. The number of aryl methyl sites for hydroxylation is 1. The van der Waals surface area contributed by atoms with Crippen molar-refractivity contribution in [3.05, 3.63) is 59.7 Å². The Labute approximate surface area is 179 Å². The molecule has 3 heterocycles. The van der Waals surface area contributed by atoms with Gasteiger partial charge in [0.25, 0.3) is 0 Å². The van der Waals surface area contributed by atoms with Gasteiger partial charge in [-0.05, 0) is 24.3 Å². The molecule has 1 aromatic carbocycles. The largest absolute Gasteiger partial charge is 0.383 e. The van der Waals surface area contributed by atoms with Gasteiger partial charge in [-0.15, -0.1) is 0 Å². The van der Waals surface area contributed by atoms with E-state index in [0.717, 1.165) is 6.07 Å². The second-order valence-electron chi connectivity index (χ2n) is 7.09. The topological polar surface area (TPSA) is 110 Å². The maximum atomic E-state index is 15.2. The quantitative estimate of drug-likeness (QED) is 0.352. The van der Waals surface area contributed by atoms with Gasteiger partial charge in [0.1, 0.15) is 11.3 Å². The van der Waals surface area contributed by atoms with E-state index >= 15 is 8.78 Å². The van der Waals surface area contributed by atoms with Crippen LogP contribution in [0.4, 0.5) is 13.2 Å². The minimum atomic E-state index is -4.05. The van der Waals surface area contributed by atoms with Gasteiger partial charge >= 0.3 is 5.92 Å². The number of benzene rings is 1. The molecule has 0 bridgehead atoms. The standard InChI is InChI=1S/C20H19F3N8O/c1-29-11-13-16(27-29)4-3-14(18(13)21)20(22,23)19(25)31-17(24)6-5-15(28-31)12-9-26-30(10-12)7-8-32-2/h3-6,9-11,24-25H,7-8H2,1-2H3. The molecule has 0 radical (unpaired) electrons. The van der Waals surface area contributed by atoms with Crippen LogP contribution in [0.2, 0.25) is 0 Å². The zero-order chi connectivity index (χ0) is 23.0. The van der Waals surface area contributed by atoms with Crippen LogP contribution in [0.1, 0.15) is 5.56 Å². The summed E-state index contributed by atoms with van der Waals surface area (Å²) in [7, 11) is 3.11. The highest BCUT2D eigenvalue weighted by Crippen LogP contribution is 2.34. The van der Waals surface area contributed by atoms with E-state index in [1.165, 1.54) is 35.3 Å². The summed E-state index contributed by atoms with van der Waals surface area (Å²) >= 11 is 0. The van der Waals surface area contributed by atoms with Crippen molar-refractivity contribution in [1.29, 1.82) is 10.8 Å². The lowest BCUT2D eigenvalue weighted by molar-refractivity contribution is 0.0657. The molecule has 0 fully saturated rings. The summed E-state index contributed by atoms with van der Waals surface area (Å²) in [6.07, 6.45) is 4.42. The van der Waals surface area contributed by atoms with Crippen LogP contribution in [0, 0.1) is 16.6 Å². The maximum absolute atomic E-state index is 15.2. The summed E-state index contributed by atoms with van der Waals surface area (Å²) in [5.74, 6) is -6.57. The predicted octanol–water partition coefficient (Wildman–Crippen LogP) is 2.52. The highest BCUT2D eigenvalue weighted by molar-refractivity contribution is 5.90. The Morgan fingerprint density at radius 3 is 2.69 bits per heavy atom. The van der Waals surface area contributed by atoms with Crippen molar-refractivity contribution in [1.82, 2.24) is 29.3 Å². The molecule has 0 unspecified atom stereocenters. The predicted molar refractivity (Wildman–Crippen MR) is 109 cm³/mol. The molecule has 4 aromatic rings. The number of alkyl halides is 2. The van der Waals surface area contributed by atoms with Crippen LogP contribution < -0.4 is 5.49 Å². The first-order chi connectivity index (χ1) is 15.2. The molecular weight excluding hydrogens is 425 g/mol. The summed E-state index contributed by atoms with van der Waals surface area (Å²) < 4.78 is 53.7. The molecule has 0 atom stereocenters. The average molecular weight is 444 g/mol. The lowest BCUT2D eigenvalue weighted by Gasteiger charge is -2.20. The van der Waals surface area contributed by atoms with Gasteiger partial charge in [-0.3, -0.25) is 20.2 Å². The summed E-state index contributed by atoms with van der Waals surface area (Å²) in [6.45, 7) is 0.918. The lowest BCUT2D eigenvalue weighted by Crippen LogP contribution is -2.40. The summed E-state index contributed by atoms with van der Waals surface area (Å²) in [5.41, 5.74) is -0.486. The normalized spacial score (nSPS) is 11.9. The number of fused-ring (bicyclic) bond motifs is 1. The van der Waals surface area contributed by atoms with Crippen molar-refractivity contribution < 1.29 is 17.9 Å². The Morgan fingerprint density at radius 2 is 1.94 bits per heavy atom. The van der Waals surface area contributed by atoms with Crippen molar-refractivity contribution in [2.75, 3.05) is 13.7 Å². The molecule has 0 amide bonds. The Morgan fingerprint density at radius 1 is 1.16 bits per heavy atom. The van der Waals surface area contributed by atoms with E-state index in [0.29, 0.717) is 23.4 Å². The number of hydrogen-bond donors (Lipinski definition) is 2. The van der Waals surface area contributed by atoms with Crippen LogP contribution in [-0.4, -0.2) is 48.9 Å². The Hall–Kier alpha value is -3.80. The number of methoxy groups -OCH3 is 1. The molecule has 4 rings (SSSR count). The third-order valence-electron chi connectivity index (χ3n) is 4.87. The van der Waals surface area contributed by atoms with E-state index in [9.17, 15) is 4.39 Å². The first kappa shape index (κ1) is 21.4. The fourth-order valence-corrected chi connectivity index (χ4v) is 3.23. The van der Waals surface area contributed by atoms with Crippen LogP contribution in [0.25, 0.3) is 22.2 Å². The van der Waals surface area contributed by atoms with Crippen LogP contribution in [-0.2, 0) is 24.3 Å². The first-order valence-electron chi connectivity index (χ1n) is 9.48. The van der Waals surface area contributed by atoms with Crippen molar-refractivity contribution >= 4 is 16.7 Å². The number of nitrogens with zero attached hydrogens (tertiary/aromatic N) is 6. The molecule has 12 heteroatoms. The molecule has 0 aliphatic rings. The number of hydrogen-bond acceptors (Lipinski definition) is 6. The minimum absolute atomic E-state index is 0.0845. The zero-order valence-electron chi connectivity index (χ0n) is 17.2. The average Bonchev–Trinajstić information content (AvgIpc) is 3.38. The second-order valence-corrected chi connectivity index (χ2v) is 7.09. The van der Waals surface area contributed by atoms with Crippen molar-refractivity contribution in [3.63, 3.8) is 0 Å². The number of ether oxygens (including phenoxy) is 1. The first-order valence-corrected chi connectivity index (χ1v) is 9.48. The van der Waals surface area contributed by atoms with Crippen LogP contribution in [0.15, 0.2) is 42.9 Å². The lowest BCUT2D eigenvalue weighted by atomic mass is 10.0. The summed E-state index contributed by atoms with van der Waals surface area (Å²) in [5, 5.41) is 28.1. The smallest absolute Gasteiger partial charge is 0.334 e. The van der Waals surface area contributed by atoms with E-state index in [1.54, 1.807) is 25.0 Å². The molecule has 9 nitrogen and oxygen atoms in total. The van der Waals surface area contributed by atoms with Crippen LogP contribution >= 0.6 is 0 Å². The number of nitrogens with one attached hydrogen (secondary N) is 2. The number of rotatable bonds is 6. The van der Waals surface area contributed by atoms with Gasteiger partial charge in [0, 0.05) is 32.1 Å². The molecule has 3 aromatic heterocycles. The second kappa shape index (κ2) is 8.04.